The summed E-state index contributed by atoms with van der Waals surface area (Å²) in [6, 6.07) is 15.5. The molecule has 0 spiro atoms. The maximum absolute atomic E-state index is 5.46. The molecule has 0 N–H and O–H groups in total. The largest absolute Gasteiger partial charge is 0.361 e. The molecule has 0 fully saturated rings. The Kier molecular flexibility index (Phi) is 8.40. The second-order valence-corrected chi connectivity index (χ2v) is 9.46. The van der Waals surface area contributed by atoms with Gasteiger partial charge >= 0.3 is 0 Å². The van der Waals surface area contributed by atoms with Gasteiger partial charge in [0.15, 0.2) is 0 Å². The Hall–Kier alpha value is -3.34. The number of rotatable bonds is 12. The van der Waals surface area contributed by atoms with Crippen molar-refractivity contribution in [1.29, 1.82) is 0 Å². The summed E-state index contributed by atoms with van der Waals surface area (Å²) in [5, 5.41) is 4.18. The van der Waals surface area contributed by atoms with E-state index in [9.17, 15) is 0 Å². The fourth-order valence-electron chi connectivity index (χ4n) is 4.78. The van der Waals surface area contributed by atoms with Crippen LogP contribution in [0.2, 0.25) is 0 Å². The van der Waals surface area contributed by atoms with Crippen LogP contribution < -0.4 is 4.90 Å². The van der Waals surface area contributed by atoms with Crippen molar-refractivity contribution in [1.82, 2.24) is 14.7 Å². The number of benzene rings is 2. The summed E-state index contributed by atoms with van der Waals surface area (Å²) in [5.74, 6) is 0.862. The molecule has 2 heterocycles. The Morgan fingerprint density at radius 3 is 2.29 bits per heavy atom. The molecule has 4 aromatic rings. The predicted octanol–water partition coefficient (Wildman–Crippen LogP) is 8.34. The van der Waals surface area contributed by atoms with E-state index in [0.29, 0.717) is 0 Å². The molecular formula is C30H38N4O. The lowest BCUT2D eigenvalue weighted by Crippen LogP contribution is -2.19. The summed E-state index contributed by atoms with van der Waals surface area (Å²) in [6.45, 7) is 9.46. The van der Waals surface area contributed by atoms with Gasteiger partial charge in [0.05, 0.1) is 12.0 Å². The minimum absolute atomic E-state index is 0.862. The molecule has 5 heteroatoms. The van der Waals surface area contributed by atoms with E-state index in [-0.39, 0.29) is 0 Å². The lowest BCUT2D eigenvalue weighted by molar-refractivity contribution is 0.393. The van der Waals surface area contributed by atoms with E-state index in [2.05, 4.69) is 71.4 Å². The number of imidazole rings is 1. The van der Waals surface area contributed by atoms with Crippen molar-refractivity contribution in [3.63, 3.8) is 0 Å². The van der Waals surface area contributed by atoms with Gasteiger partial charge in [-0.1, -0.05) is 62.7 Å². The van der Waals surface area contributed by atoms with Crippen LogP contribution in [-0.2, 0) is 0 Å². The molecule has 5 nitrogen and oxygen atoms in total. The molecule has 0 amide bonds. The smallest absolute Gasteiger partial charge is 0.141 e. The molecule has 0 saturated carbocycles. The van der Waals surface area contributed by atoms with Crippen LogP contribution in [0.15, 0.2) is 65.7 Å². The van der Waals surface area contributed by atoms with Crippen molar-refractivity contribution in [2.24, 2.45) is 0 Å². The van der Waals surface area contributed by atoms with Crippen molar-refractivity contribution >= 4 is 11.4 Å². The first kappa shape index (κ1) is 24.8. The van der Waals surface area contributed by atoms with Crippen LogP contribution in [0, 0.1) is 20.8 Å². The van der Waals surface area contributed by atoms with Crippen LogP contribution in [0.3, 0.4) is 0 Å². The normalized spacial score (nSPS) is 11.2. The molecule has 0 aliphatic heterocycles. The molecule has 0 radical (unpaired) electrons. The molecule has 184 valence electrons. The summed E-state index contributed by atoms with van der Waals surface area (Å²) in [6.07, 6.45) is 14.7. The van der Waals surface area contributed by atoms with E-state index in [4.69, 9.17) is 4.52 Å². The lowest BCUT2D eigenvalue weighted by atomic mass is 10.00. The fourth-order valence-corrected chi connectivity index (χ4v) is 4.78. The Morgan fingerprint density at radius 2 is 1.63 bits per heavy atom. The maximum Gasteiger partial charge on any atom is 0.141 e. The Bertz CT molecular complexity index is 1170. The van der Waals surface area contributed by atoms with E-state index >= 15 is 0 Å². The topological polar surface area (TPSA) is 47.1 Å². The highest BCUT2D eigenvalue weighted by Crippen LogP contribution is 2.35. The SMILES string of the molecule is CCCCCCCCCN(c1ccc(-n2ccnc2)cc1)c1cc(-c2c(C)noc2C)ccc1C. The zero-order valence-electron chi connectivity index (χ0n) is 21.6. The Morgan fingerprint density at radius 1 is 0.886 bits per heavy atom. The molecular weight excluding hydrogens is 432 g/mol. The Balaban J connectivity index is 1.60. The lowest BCUT2D eigenvalue weighted by Gasteiger charge is -2.28. The van der Waals surface area contributed by atoms with Gasteiger partial charge in [0.25, 0.3) is 0 Å². The van der Waals surface area contributed by atoms with Crippen LogP contribution >= 0.6 is 0 Å². The van der Waals surface area contributed by atoms with Gasteiger partial charge in [0, 0.05) is 41.6 Å². The molecule has 0 aliphatic carbocycles. The van der Waals surface area contributed by atoms with Crippen molar-refractivity contribution in [3.8, 4) is 16.8 Å². The van der Waals surface area contributed by atoms with Crippen LogP contribution in [0.4, 0.5) is 11.4 Å². The predicted molar refractivity (Wildman–Crippen MR) is 145 cm³/mol. The highest BCUT2D eigenvalue weighted by atomic mass is 16.5. The number of unbranched alkanes of at least 4 members (excludes halogenated alkanes) is 6. The van der Waals surface area contributed by atoms with Gasteiger partial charge in [-0.3, -0.25) is 0 Å². The number of aryl methyl sites for hydroxylation is 3. The minimum atomic E-state index is 0.862. The minimum Gasteiger partial charge on any atom is -0.361 e. The van der Waals surface area contributed by atoms with Gasteiger partial charge in [0.1, 0.15) is 5.76 Å². The Labute approximate surface area is 209 Å². The highest BCUT2D eigenvalue weighted by Gasteiger charge is 2.17. The second kappa shape index (κ2) is 11.9. The van der Waals surface area contributed by atoms with E-state index < -0.39 is 0 Å². The van der Waals surface area contributed by atoms with E-state index in [1.807, 2.05) is 37.1 Å². The van der Waals surface area contributed by atoms with Crippen LogP contribution in [-0.4, -0.2) is 21.3 Å². The highest BCUT2D eigenvalue weighted by molar-refractivity contribution is 5.76. The van der Waals surface area contributed by atoms with Gasteiger partial charge in [-0.15, -0.1) is 0 Å². The first-order chi connectivity index (χ1) is 17.1. The van der Waals surface area contributed by atoms with E-state index in [1.165, 1.54) is 61.9 Å². The van der Waals surface area contributed by atoms with Gasteiger partial charge in [-0.25, -0.2) is 4.98 Å². The third-order valence-electron chi connectivity index (χ3n) is 6.77. The van der Waals surface area contributed by atoms with E-state index in [1.54, 1.807) is 0 Å². The number of aromatic nitrogens is 3. The monoisotopic (exact) mass is 470 g/mol. The third-order valence-corrected chi connectivity index (χ3v) is 6.77. The molecule has 4 rings (SSSR count). The summed E-state index contributed by atoms with van der Waals surface area (Å²) < 4.78 is 7.50. The zero-order chi connectivity index (χ0) is 24.6. The average Bonchev–Trinajstić information content (AvgIpc) is 3.52. The number of nitrogens with zero attached hydrogens (tertiary/aromatic N) is 4. The molecule has 0 atom stereocenters. The maximum atomic E-state index is 5.46. The molecule has 35 heavy (non-hydrogen) atoms. The molecule has 2 aromatic heterocycles. The van der Waals surface area contributed by atoms with Crippen LogP contribution in [0.5, 0.6) is 0 Å². The van der Waals surface area contributed by atoms with Crippen molar-refractivity contribution in [2.45, 2.75) is 72.6 Å². The van der Waals surface area contributed by atoms with Gasteiger partial charge in [-0.2, -0.15) is 0 Å². The van der Waals surface area contributed by atoms with Gasteiger partial charge < -0.3 is 14.0 Å². The summed E-state index contributed by atoms with van der Waals surface area (Å²) in [4.78, 5) is 6.65. The molecule has 2 aromatic carbocycles. The molecule has 0 saturated heterocycles. The molecule has 0 aliphatic rings. The number of anilines is 2. The molecule has 0 unspecified atom stereocenters. The second-order valence-electron chi connectivity index (χ2n) is 9.46. The third kappa shape index (κ3) is 6.02. The quantitative estimate of drug-likeness (QED) is 0.195. The summed E-state index contributed by atoms with van der Waals surface area (Å²) >= 11 is 0. The van der Waals surface area contributed by atoms with Crippen molar-refractivity contribution in [2.75, 3.05) is 11.4 Å². The average molecular weight is 471 g/mol. The van der Waals surface area contributed by atoms with Crippen molar-refractivity contribution < 1.29 is 4.52 Å². The fraction of sp³-hybridized carbons (Fsp3) is 0.400. The van der Waals surface area contributed by atoms with Gasteiger partial charge in [0.2, 0.25) is 0 Å². The first-order valence-electron chi connectivity index (χ1n) is 13.0. The van der Waals surface area contributed by atoms with Crippen LogP contribution in [0.25, 0.3) is 16.8 Å². The number of hydrogen-bond donors (Lipinski definition) is 0. The zero-order valence-corrected chi connectivity index (χ0v) is 21.6. The van der Waals surface area contributed by atoms with Crippen molar-refractivity contribution in [3.05, 3.63) is 78.2 Å². The summed E-state index contributed by atoms with van der Waals surface area (Å²) in [7, 11) is 0. The van der Waals surface area contributed by atoms with Crippen LogP contribution in [0.1, 0.15) is 68.9 Å². The standard InChI is InChI=1S/C30H38N4O/c1-5-6-7-8-9-10-11-19-34(28-16-14-27(15-17-28)33-20-18-31-22-33)29-21-26(13-12-23(29)2)30-24(3)32-35-25(30)4/h12-18,20-22H,5-11,19H2,1-4H3. The van der Waals surface area contributed by atoms with E-state index in [0.717, 1.165) is 34.8 Å². The molecule has 0 bridgehead atoms. The first-order valence-corrected chi connectivity index (χ1v) is 13.0. The summed E-state index contributed by atoms with van der Waals surface area (Å²) in [5.41, 5.74) is 8.01. The van der Waals surface area contributed by atoms with Gasteiger partial charge in [-0.05, 0) is 68.7 Å². The number of hydrogen-bond acceptors (Lipinski definition) is 4.